The molecule has 4 nitrogen and oxygen atoms in total. The molecule has 0 fully saturated rings. The van der Waals surface area contributed by atoms with Crippen molar-refractivity contribution >= 4 is 81.5 Å². The molecule has 0 atom stereocenters. The number of carboxylic acid groups (broad SMARTS) is 2. The van der Waals surface area contributed by atoms with Gasteiger partial charge in [-0.25, -0.2) is 0 Å². The van der Waals surface area contributed by atoms with Gasteiger partial charge in [-0.2, -0.15) is 0 Å². The number of aliphatic carboxylic acids is 2. The van der Waals surface area contributed by atoms with E-state index >= 15 is 0 Å². The van der Waals surface area contributed by atoms with Crippen molar-refractivity contribution in [2.24, 2.45) is 0 Å². The SMILES string of the molecule is O=C([O-])C(Cl)(Cl)Cl.O=C([O-])C(Cl)(Cl)Cl.[Ni+2]. The van der Waals surface area contributed by atoms with Gasteiger partial charge in [0.2, 0.25) is 7.59 Å². The predicted octanol–water partition coefficient (Wildman–Crippen LogP) is 0.210. The third kappa shape index (κ3) is 15.2. The number of carbonyl (C=O) groups is 2. The molecule has 0 aliphatic rings. The van der Waals surface area contributed by atoms with E-state index in [9.17, 15) is 19.8 Å². The zero-order chi connectivity index (χ0) is 12.2. The first-order valence-corrected chi connectivity index (χ1v) is 4.72. The molecule has 0 aromatic heterocycles. The molecule has 0 aliphatic carbocycles. The number of carboxylic acids is 2. The van der Waals surface area contributed by atoms with Crippen molar-refractivity contribution in [2.75, 3.05) is 0 Å². The van der Waals surface area contributed by atoms with Crippen LogP contribution in [-0.4, -0.2) is 19.5 Å². The molecule has 11 heteroatoms. The average molecular weight is 383 g/mol. The van der Waals surface area contributed by atoms with Gasteiger partial charge in [-0.05, 0) is 0 Å². The quantitative estimate of drug-likeness (QED) is 0.442. The van der Waals surface area contributed by atoms with E-state index in [0.29, 0.717) is 0 Å². The molecule has 0 aromatic carbocycles. The van der Waals surface area contributed by atoms with E-state index in [-0.39, 0.29) is 16.5 Å². The van der Waals surface area contributed by atoms with Gasteiger partial charge in [0.1, 0.15) is 0 Å². The fourth-order valence-electron chi connectivity index (χ4n) is 0. The largest absolute Gasteiger partial charge is 2.00 e. The van der Waals surface area contributed by atoms with Crippen LogP contribution in [0.3, 0.4) is 0 Å². The van der Waals surface area contributed by atoms with Crippen LogP contribution < -0.4 is 10.2 Å². The van der Waals surface area contributed by atoms with E-state index in [1.165, 1.54) is 0 Å². The number of carbonyl (C=O) groups excluding carboxylic acids is 2. The summed E-state index contributed by atoms with van der Waals surface area (Å²) in [6.45, 7) is 0. The monoisotopic (exact) mass is 380 g/mol. The zero-order valence-electron chi connectivity index (χ0n) is 6.22. The Morgan fingerprint density at radius 3 is 0.800 bits per heavy atom. The molecule has 0 spiro atoms. The molecule has 0 bridgehead atoms. The molecule has 15 heavy (non-hydrogen) atoms. The maximum absolute atomic E-state index is 9.51. The van der Waals surface area contributed by atoms with Crippen LogP contribution in [0, 0.1) is 0 Å². The first kappa shape index (κ1) is 21.5. The van der Waals surface area contributed by atoms with E-state index in [0.717, 1.165) is 0 Å². The molecule has 0 amide bonds. The Morgan fingerprint density at radius 2 is 0.800 bits per heavy atom. The van der Waals surface area contributed by atoms with Crippen molar-refractivity contribution in [2.45, 2.75) is 7.59 Å². The maximum Gasteiger partial charge on any atom is 2.00 e. The normalized spacial score (nSPS) is 10.5. The molecular weight excluding hydrogens is 383 g/mol. The topological polar surface area (TPSA) is 80.3 Å². The van der Waals surface area contributed by atoms with E-state index in [1.807, 2.05) is 0 Å². The minimum atomic E-state index is -2.28. The van der Waals surface area contributed by atoms with E-state index < -0.39 is 19.5 Å². The van der Waals surface area contributed by atoms with E-state index in [4.69, 9.17) is 69.6 Å². The molecule has 0 radical (unpaired) electrons. The summed E-state index contributed by atoms with van der Waals surface area (Å²) in [6, 6.07) is 0. The molecule has 0 rings (SSSR count). The van der Waals surface area contributed by atoms with Crippen molar-refractivity contribution in [3.63, 3.8) is 0 Å². The fourth-order valence-corrected chi connectivity index (χ4v) is 0. The summed E-state index contributed by atoms with van der Waals surface area (Å²) in [4.78, 5) is 19.0. The molecule has 0 heterocycles. The molecule has 0 aromatic rings. The van der Waals surface area contributed by atoms with Crippen LogP contribution in [0.4, 0.5) is 0 Å². The van der Waals surface area contributed by atoms with Gasteiger partial charge < -0.3 is 19.8 Å². The van der Waals surface area contributed by atoms with E-state index in [2.05, 4.69) is 0 Å². The summed E-state index contributed by atoms with van der Waals surface area (Å²) in [6.07, 6.45) is 0. The van der Waals surface area contributed by atoms with Gasteiger partial charge in [-0.15, -0.1) is 0 Å². The van der Waals surface area contributed by atoms with Gasteiger partial charge >= 0.3 is 16.5 Å². The Labute approximate surface area is 125 Å². The molecule has 0 saturated heterocycles. The van der Waals surface area contributed by atoms with E-state index in [1.54, 1.807) is 0 Å². The van der Waals surface area contributed by atoms with Gasteiger partial charge in [0.15, 0.2) is 0 Å². The summed E-state index contributed by atoms with van der Waals surface area (Å²) in [5, 5.41) is 19.0. The van der Waals surface area contributed by atoms with Crippen molar-refractivity contribution in [3.05, 3.63) is 0 Å². The molecule has 92 valence electrons. The fraction of sp³-hybridized carbons (Fsp3) is 0.500. The van der Waals surface area contributed by atoms with Crippen molar-refractivity contribution in [3.8, 4) is 0 Å². The smallest absolute Gasteiger partial charge is 0.545 e. The number of rotatable bonds is 0. The van der Waals surface area contributed by atoms with Gasteiger partial charge in [0.05, 0.1) is 11.9 Å². The number of alkyl halides is 6. The first-order chi connectivity index (χ1) is 5.89. The van der Waals surface area contributed by atoms with Crippen molar-refractivity contribution in [1.82, 2.24) is 0 Å². The Balaban J connectivity index is -0.000000180. The van der Waals surface area contributed by atoms with Crippen molar-refractivity contribution < 1.29 is 36.3 Å². The van der Waals surface area contributed by atoms with Crippen LogP contribution in [0.1, 0.15) is 0 Å². The first-order valence-electron chi connectivity index (χ1n) is 2.45. The third-order valence-corrected chi connectivity index (χ3v) is 1.39. The summed E-state index contributed by atoms with van der Waals surface area (Å²) < 4.78 is -4.56. The minimum absolute atomic E-state index is 0. The maximum atomic E-state index is 9.51. The molecule has 0 N–H and O–H groups in total. The summed E-state index contributed by atoms with van der Waals surface area (Å²) >= 11 is 28.4. The minimum Gasteiger partial charge on any atom is -0.545 e. The van der Waals surface area contributed by atoms with Crippen LogP contribution >= 0.6 is 69.6 Å². The van der Waals surface area contributed by atoms with Crippen LogP contribution in [0.15, 0.2) is 0 Å². The standard InChI is InChI=1S/2C2HCl3O2.Ni/c2*3-2(4,5)1(6)7;/h2*(H,6,7);/q;;+2/p-2. The Bertz CT molecular complexity index is 196. The third-order valence-electron chi connectivity index (χ3n) is 0.463. The summed E-state index contributed by atoms with van der Waals surface area (Å²) in [7, 11) is 0. The zero-order valence-corrected chi connectivity index (χ0v) is 11.7. The van der Waals surface area contributed by atoms with Crippen LogP contribution in [0.2, 0.25) is 0 Å². The van der Waals surface area contributed by atoms with Crippen LogP contribution in [0.5, 0.6) is 0 Å². The van der Waals surface area contributed by atoms with Crippen LogP contribution in [-0.2, 0) is 26.1 Å². The molecule has 0 aliphatic heterocycles. The summed E-state index contributed by atoms with van der Waals surface area (Å²) in [5.41, 5.74) is 0. The second-order valence-corrected chi connectivity index (χ2v) is 6.13. The molecular formula is C4Cl6NiO4. The van der Waals surface area contributed by atoms with Gasteiger partial charge in [0.25, 0.3) is 0 Å². The average Bonchev–Trinajstić information content (AvgIpc) is 1.83. The number of hydrogen-bond acceptors (Lipinski definition) is 4. The van der Waals surface area contributed by atoms with Gasteiger partial charge in [-0.3, -0.25) is 0 Å². The Hall–Kier alpha value is 1.17. The second kappa shape index (κ2) is 8.29. The Kier molecular flexibility index (Phi) is 11.9. The number of hydrogen-bond donors (Lipinski definition) is 0. The Morgan fingerprint density at radius 1 is 0.733 bits per heavy atom. The summed E-state index contributed by atoms with van der Waals surface area (Å²) in [5.74, 6) is -3.42. The predicted molar refractivity (Wildman–Crippen MR) is 50.6 cm³/mol. The van der Waals surface area contributed by atoms with Gasteiger partial charge in [-0.1, -0.05) is 69.6 Å². The molecule has 0 unspecified atom stereocenters. The number of halogens is 6. The van der Waals surface area contributed by atoms with Gasteiger partial charge in [0, 0.05) is 0 Å². The van der Waals surface area contributed by atoms with Crippen LogP contribution in [0.25, 0.3) is 0 Å². The second-order valence-electron chi connectivity index (χ2n) is 1.57. The molecule has 0 saturated carbocycles. The van der Waals surface area contributed by atoms with Crippen molar-refractivity contribution in [1.29, 1.82) is 0 Å².